The van der Waals surface area contributed by atoms with E-state index in [1.807, 2.05) is 0 Å². The Labute approximate surface area is 98.7 Å². The van der Waals surface area contributed by atoms with Gasteiger partial charge in [-0.25, -0.2) is 4.79 Å². The normalized spacial score (nSPS) is 12.2. The third kappa shape index (κ3) is 2.83. The molecule has 0 saturated carbocycles. The number of aromatic hydroxyl groups is 1. The van der Waals surface area contributed by atoms with Gasteiger partial charge in [0.2, 0.25) is 0 Å². The summed E-state index contributed by atoms with van der Waals surface area (Å²) in [4.78, 5) is 10.5. The highest BCUT2D eigenvalue weighted by Crippen LogP contribution is 2.30. The number of nitrogens with one attached hydrogen (secondary N) is 1. The van der Waals surface area contributed by atoms with Crippen LogP contribution in [0.15, 0.2) is 18.2 Å². The van der Waals surface area contributed by atoms with Gasteiger partial charge in [0.1, 0.15) is 5.75 Å². The number of alkyl halides is 3. The number of carbonyl (C=O) groups is 1. The summed E-state index contributed by atoms with van der Waals surface area (Å²) in [7, 11) is -5.66. The van der Waals surface area contributed by atoms with Crippen molar-refractivity contribution in [3.63, 3.8) is 0 Å². The number of phenolic OH excluding ortho intramolecular Hbond substituents is 1. The molecule has 0 heterocycles. The Bertz CT molecular complexity index is 581. The van der Waals surface area contributed by atoms with Gasteiger partial charge in [-0.2, -0.15) is 21.6 Å². The van der Waals surface area contributed by atoms with E-state index in [1.54, 1.807) is 0 Å². The van der Waals surface area contributed by atoms with Crippen molar-refractivity contribution >= 4 is 21.7 Å². The Hall–Kier alpha value is -1.97. The topological polar surface area (TPSA) is 104 Å². The number of hydrogen-bond acceptors (Lipinski definition) is 4. The summed E-state index contributed by atoms with van der Waals surface area (Å²) in [6.45, 7) is 0. The average molecular weight is 285 g/mol. The van der Waals surface area contributed by atoms with E-state index in [-0.39, 0.29) is 0 Å². The molecule has 0 unspecified atom stereocenters. The van der Waals surface area contributed by atoms with Crippen molar-refractivity contribution in [3.05, 3.63) is 23.8 Å². The second kappa shape index (κ2) is 4.37. The number of anilines is 1. The molecule has 100 valence electrons. The molecule has 18 heavy (non-hydrogen) atoms. The van der Waals surface area contributed by atoms with E-state index in [0.717, 1.165) is 10.8 Å². The predicted molar refractivity (Wildman–Crippen MR) is 53.7 cm³/mol. The Morgan fingerprint density at radius 2 is 1.83 bits per heavy atom. The smallest absolute Gasteiger partial charge is 0.506 e. The van der Waals surface area contributed by atoms with Gasteiger partial charge in [-0.15, -0.1) is 0 Å². The van der Waals surface area contributed by atoms with Gasteiger partial charge in [0, 0.05) is 0 Å². The summed E-state index contributed by atoms with van der Waals surface area (Å²) < 4.78 is 58.7. The SMILES string of the molecule is O=C(O)c1ccc(NS(=O)(=O)C(F)(F)F)c(O)c1. The highest BCUT2D eigenvalue weighted by atomic mass is 32.2. The third-order valence-electron chi connectivity index (χ3n) is 1.79. The van der Waals surface area contributed by atoms with Crippen LogP contribution in [0.4, 0.5) is 18.9 Å². The molecule has 0 aromatic heterocycles. The van der Waals surface area contributed by atoms with Gasteiger partial charge < -0.3 is 10.2 Å². The van der Waals surface area contributed by atoms with E-state index in [9.17, 15) is 31.5 Å². The Balaban J connectivity index is 3.11. The van der Waals surface area contributed by atoms with E-state index in [0.29, 0.717) is 12.1 Å². The molecular formula is C8H6F3NO5S. The number of carboxylic acids is 1. The van der Waals surface area contributed by atoms with Crippen molar-refractivity contribution in [1.29, 1.82) is 0 Å². The fourth-order valence-electron chi connectivity index (χ4n) is 0.954. The number of hydrogen-bond donors (Lipinski definition) is 3. The maximum Gasteiger partial charge on any atom is 0.516 e. The van der Waals surface area contributed by atoms with Crippen molar-refractivity contribution in [2.24, 2.45) is 0 Å². The molecule has 0 amide bonds. The van der Waals surface area contributed by atoms with Crippen LogP contribution in [0.3, 0.4) is 0 Å². The van der Waals surface area contributed by atoms with Crippen molar-refractivity contribution in [1.82, 2.24) is 0 Å². The highest BCUT2D eigenvalue weighted by Gasteiger charge is 2.46. The first-order valence-electron chi connectivity index (χ1n) is 4.20. The Kier molecular flexibility index (Phi) is 3.42. The monoisotopic (exact) mass is 285 g/mol. The lowest BCUT2D eigenvalue weighted by atomic mass is 10.2. The van der Waals surface area contributed by atoms with E-state index in [2.05, 4.69) is 0 Å². The van der Waals surface area contributed by atoms with Crippen LogP contribution in [0.25, 0.3) is 0 Å². The van der Waals surface area contributed by atoms with Crippen LogP contribution in [0, 0.1) is 0 Å². The third-order valence-corrected chi connectivity index (χ3v) is 2.89. The minimum Gasteiger partial charge on any atom is -0.506 e. The molecule has 0 atom stereocenters. The molecule has 0 aliphatic carbocycles. The van der Waals surface area contributed by atoms with Crippen molar-refractivity contribution in [2.75, 3.05) is 4.72 Å². The molecule has 0 aliphatic rings. The summed E-state index contributed by atoms with van der Waals surface area (Å²) in [6.07, 6.45) is 0. The number of benzene rings is 1. The fraction of sp³-hybridized carbons (Fsp3) is 0.125. The molecule has 0 radical (unpaired) electrons. The number of carboxylic acid groups (broad SMARTS) is 1. The summed E-state index contributed by atoms with van der Waals surface area (Å²) in [6, 6.07) is 2.18. The molecule has 3 N–H and O–H groups in total. The number of sulfonamides is 1. The van der Waals surface area contributed by atoms with Gasteiger partial charge in [-0.1, -0.05) is 0 Å². The van der Waals surface area contributed by atoms with Crippen LogP contribution in [-0.4, -0.2) is 30.1 Å². The van der Waals surface area contributed by atoms with Crippen LogP contribution in [0.5, 0.6) is 5.75 Å². The quantitative estimate of drug-likeness (QED) is 0.727. The minimum atomic E-state index is -5.66. The van der Waals surface area contributed by atoms with Crippen molar-refractivity contribution < 1.29 is 36.6 Å². The molecule has 0 aliphatic heterocycles. The van der Waals surface area contributed by atoms with Crippen LogP contribution < -0.4 is 4.72 Å². The molecule has 1 aromatic carbocycles. The molecule has 0 bridgehead atoms. The first-order chi connectivity index (χ1) is 8.04. The van der Waals surface area contributed by atoms with E-state index in [4.69, 9.17) is 5.11 Å². The second-order valence-corrected chi connectivity index (χ2v) is 4.76. The number of rotatable bonds is 3. The molecule has 0 fully saturated rings. The second-order valence-electron chi connectivity index (χ2n) is 3.09. The zero-order chi connectivity index (χ0) is 14.1. The van der Waals surface area contributed by atoms with Gasteiger partial charge in [0.25, 0.3) is 0 Å². The number of aromatic carboxylic acids is 1. The summed E-state index contributed by atoms with van der Waals surface area (Å²) >= 11 is 0. The maximum atomic E-state index is 12.0. The lowest BCUT2D eigenvalue weighted by molar-refractivity contribution is -0.0429. The Morgan fingerprint density at radius 1 is 1.28 bits per heavy atom. The molecule has 1 aromatic rings. The summed E-state index contributed by atoms with van der Waals surface area (Å²) in [5.74, 6) is -2.35. The highest BCUT2D eigenvalue weighted by molar-refractivity contribution is 7.93. The fourth-order valence-corrected chi connectivity index (χ4v) is 1.53. The summed E-state index contributed by atoms with van der Waals surface area (Å²) in [5.41, 5.74) is -6.70. The molecule has 0 spiro atoms. The standard InChI is InChI=1S/C8H6F3NO5S/c9-8(10,11)18(16,17)12-5-2-1-4(7(14)15)3-6(5)13/h1-3,12-13H,(H,14,15). The van der Waals surface area contributed by atoms with Crippen molar-refractivity contribution in [2.45, 2.75) is 5.51 Å². The average Bonchev–Trinajstić information content (AvgIpc) is 2.18. The summed E-state index contributed by atoms with van der Waals surface area (Å²) in [5, 5.41) is 17.7. The molecule has 0 saturated heterocycles. The molecule has 1 rings (SSSR count). The van der Waals surface area contributed by atoms with Gasteiger partial charge in [-0.3, -0.25) is 4.72 Å². The largest absolute Gasteiger partial charge is 0.516 e. The van der Waals surface area contributed by atoms with Crippen LogP contribution >= 0.6 is 0 Å². The van der Waals surface area contributed by atoms with Crippen LogP contribution in [0.1, 0.15) is 10.4 Å². The van der Waals surface area contributed by atoms with Crippen LogP contribution in [-0.2, 0) is 10.0 Å². The molecular weight excluding hydrogens is 279 g/mol. The number of phenols is 1. The predicted octanol–water partition coefficient (Wildman–Crippen LogP) is 1.35. The van der Waals surface area contributed by atoms with Crippen LogP contribution in [0.2, 0.25) is 0 Å². The van der Waals surface area contributed by atoms with E-state index in [1.165, 1.54) is 0 Å². The number of halogens is 3. The van der Waals surface area contributed by atoms with Gasteiger partial charge in [0.05, 0.1) is 11.3 Å². The zero-order valence-corrected chi connectivity index (χ0v) is 9.21. The van der Waals surface area contributed by atoms with Gasteiger partial charge in [-0.05, 0) is 18.2 Å². The minimum absolute atomic E-state index is 0.401. The Morgan fingerprint density at radius 3 is 2.22 bits per heavy atom. The lowest BCUT2D eigenvalue weighted by Gasteiger charge is -2.11. The maximum absolute atomic E-state index is 12.0. The van der Waals surface area contributed by atoms with Gasteiger partial charge >= 0.3 is 21.5 Å². The van der Waals surface area contributed by atoms with Crippen molar-refractivity contribution in [3.8, 4) is 5.75 Å². The molecule has 6 nitrogen and oxygen atoms in total. The van der Waals surface area contributed by atoms with E-state index >= 15 is 0 Å². The molecule has 10 heteroatoms. The first-order valence-corrected chi connectivity index (χ1v) is 5.68. The van der Waals surface area contributed by atoms with Gasteiger partial charge in [0.15, 0.2) is 0 Å². The zero-order valence-electron chi connectivity index (χ0n) is 8.39. The van der Waals surface area contributed by atoms with E-state index < -0.39 is 38.5 Å². The first kappa shape index (κ1) is 14.1. The lowest BCUT2D eigenvalue weighted by Crippen LogP contribution is -2.29.